The molecule has 0 atom stereocenters. The number of amides is 2. The van der Waals surface area contributed by atoms with Crippen LogP contribution in [0.15, 0.2) is 24.3 Å². The summed E-state index contributed by atoms with van der Waals surface area (Å²) in [5.41, 5.74) is 0.644. The van der Waals surface area contributed by atoms with Crippen molar-refractivity contribution in [3.8, 4) is 5.75 Å². The average Bonchev–Trinajstić information content (AvgIpc) is 2.96. The van der Waals surface area contributed by atoms with Gasteiger partial charge in [0.25, 0.3) is 5.91 Å². The van der Waals surface area contributed by atoms with E-state index in [0.717, 1.165) is 25.7 Å². The van der Waals surface area contributed by atoms with Crippen LogP contribution < -0.4 is 10.1 Å². The summed E-state index contributed by atoms with van der Waals surface area (Å²) in [7, 11) is 1.60. The third-order valence-electron chi connectivity index (χ3n) is 5.67. The number of hydrogen-bond acceptors (Lipinski definition) is 3. The van der Waals surface area contributed by atoms with Crippen molar-refractivity contribution in [3.05, 3.63) is 29.8 Å². The van der Waals surface area contributed by atoms with Crippen LogP contribution in [0, 0.1) is 5.92 Å². The van der Waals surface area contributed by atoms with Gasteiger partial charge in [-0.2, -0.15) is 0 Å². The lowest BCUT2D eigenvalue weighted by atomic mass is 9.94. The molecule has 2 fully saturated rings. The van der Waals surface area contributed by atoms with Gasteiger partial charge >= 0.3 is 0 Å². The molecule has 1 aliphatic heterocycles. The minimum absolute atomic E-state index is 0.0199. The van der Waals surface area contributed by atoms with Crippen molar-refractivity contribution in [2.45, 2.75) is 57.4 Å². The molecule has 1 aromatic carbocycles. The van der Waals surface area contributed by atoms with Crippen LogP contribution >= 0.6 is 0 Å². The molecule has 26 heavy (non-hydrogen) atoms. The van der Waals surface area contributed by atoms with E-state index < -0.39 is 0 Å². The van der Waals surface area contributed by atoms with E-state index in [1.54, 1.807) is 13.2 Å². The van der Waals surface area contributed by atoms with Crippen LogP contribution in [0.3, 0.4) is 0 Å². The predicted octanol–water partition coefficient (Wildman–Crippen LogP) is 3.39. The fourth-order valence-electron chi connectivity index (χ4n) is 4.03. The van der Waals surface area contributed by atoms with Gasteiger partial charge < -0.3 is 15.0 Å². The lowest BCUT2D eigenvalue weighted by Gasteiger charge is -2.32. The molecule has 1 aliphatic carbocycles. The molecular formula is C21H30N2O3. The fraction of sp³-hybridized carbons (Fsp3) is 0.619. The number of likely N-dealkylation sites (tertiary alicyclic amines) is 1. The number of nitrogens with zero attached hydrogens (tertiary/aromatic N) is 1. The van der Waals surface area contributed by atoms with Crippen molar-refractivity contribution in [3.63, 3.8) is 0 Å². The molecule has 0 spiro atoms. The van der Waals surface area contributed by atoms with Gasteiger partial charge in [-0.15, -0.1) is 0 Å². The maximum absolute atomic E-state index is 12.7. The van der Waals surface area contributed by atoms with Crippen molar-refractivity contribution in [1.29, 1.82) is 0 Å². The number of carbonyl (C=O) groups is 2. The molecular weight excluding hydrogens is 328 g/mol. The lowest BCUT2D eigenvalue weighted by molar-refractivity contribution is -0.127. The normalized spacial score (nSPS) is 19.7. The highest BCUT2D eigenvalue weighted by Gasteiger charge is 2.29. The Morgan fingerprint density at radius 1 is 1.04 bits per heavy atom. The average molecular weight is 358 g/mol. The standard InChI is InChI=1S/C21H30N2O3/c1-26-19-10-6-7-17(15-19)21(25)23-13-11-16(12-14-23)20(24)22-18-8-4-2-3-5-9-18/h6-7,10,15-16,18H,2-5,8-9,11-14H2,1H3,(H,22,24). The third-order valence-corrected chi connectivity index (χ3v) is 5.67. The molecule has 2 aliphatic rings. The second kappa shape index (κ2) is 9.06. The first-order valence-corrected chi connectivity index (χ1v) is 9.91. The van der Waals surface area contributed by atoms with Crippen LogP contribution in [0.1, 0.15) is 61.7 Å². The molecule has 1 saturated carbocycles. The zero-order chi connectivity index (χ0) is 18.4. The summed E-state index contributed by atoms with van der Waals surface area (Å²) in [6.07, 6.45) is 8.73. The Morgan fingerprint density at radius 2 is 1.73 bits per heavy atom. The molecule has 5 nitrogen and oxygen atoms in total. The Balaban J connectivity index is 1.50. The van der Waals surface area contributed by atoms with Crippen LogP contribution in [0.4, 0.5) is 0 Å². The largest absolute Gasteiger partial charge is 0.497 e. The Morgan fingerprint density at radius 3 is 2.38 bits per heavy atom. The summed E-state index contributed by atoms with van der Waals surface area (Å²) in [6.45, 7) is 1.28. The zero-order valence-corrected chi connectivity index (χ0v) is 15.7. The number of piperidine rings is 1. The van der Waals surface area contributed by atoms with Gasteiger partial charge in [0, 0.05) is 30.6 Å². The number of rotatable bonds is 4. The highest BCUT2D eigenvalue weighted by atomic mass is 16.5. The molecule has 1 aromatic rings. The summed E-state index contributed by atoms with van der Waals surface area (Å²) in [6, 6.07) is 7.60. The maximum atomic E-state index is 12.7. The van der Waals surface area contributed by atoms with Crippen molar-refractivity contribution in [2.75, 3.05) is 20.2 Å². The van der Waals surface area contributed by atoms with Gasteiger partial charge in [0.2, 0.25) is 5.91 Å². The van der Waals surface area contributed by atoms with Crippen molar-refractivity contribution in [1.82, 2.24) is 10.2 Å². The van der Waals surface area contributed by atoms with E-state index in [1.165, 1.54) is 25.7 Å². The number of nitrogens with one attached hydrogen (secondary N) is 1. The van der Waals surface area contributed by atoms with Crippen LogP contribution in [0.5, 0.6) is 5.75 Å². The van der Waals surface area contributed by atoms with Gasteiger partial charge in [-0.25, -0.2) is 0 Å². The summed E-state index contributed by atoms with van der Waals surface area (Å²) in [4.78, 5) is 27.1. The molecule has 1 heterocycles. The Labute approximate surface area is 156 Å². The van der Waals surface area contributed by atoms with Crippen molar-refractivity contribution in [2.24, 2.45) is 5.92 Å². The number of methoxy groups -OCH3 is 1. The molecule has 0 bridgehead atoms. The Hall–Kier alpha value is -2.04. The number of hydrogen-bond donors (Lipinski definition) is 1. The van der Waals surface area contributed by atoms with E-state index in [-0.39, 0.29) is 17.7 Å². The highest BCUT2D eigenvalue weighted by molar-refractivity contribution is 5.94. The second-order valence-corrected chi connectivity index (χ2v) is 7.50. The van der Waals surface area contributed by atoms with E-state index in [0.29, 0.717) is 30.4 Å². The smallest absolute Gasteiger partial charge is 0.253 e. The lowest BCUT2D eigenvalue weighted by Crippen LogP contribution is -2.45. The maximum Gasteiger partial charge on any atom is 0.253 e. The molecule has 0 radical (unpaired) electrons. The quantitative estimate of drug-likeness (QED) is 0.840. The van der Waals surface area contributed by atoms with Gasteiger partial charge in [-0.1, -0.05) is 31.7 Å². The highest BCUT2D eigenvalue weighted by Crippen LogP contribution is 2.23. The van der Waals surface area contributed by atoms with E-state index >= 15 is 0 Å². The van der Waals surface area contributed by atoms with Gasteiger partial charge in [0.1, 0.15) is 5.75 Å². The monoisotopic (exact) mass is 358 g/mol. The van der Waals surface area contributed by atoms with Gasteiger partial charge in [0.05, 0.1) is 7.11 Å². The summed E-state index contributed by atoms with van der Waals surface area (Å²) in [5, 5.41) is 3.26. The minimum Gasteiger partial charge on any atom is -0.497 e. The first kappa shape index (κ1) is 18.7. The molecule has 1 N–H and O–H groups in total. The van der Waals surface area contributed by atoms with Gasteiger partial charge in [0.15, 0.2) is 0 Å². The molecule has 0 unspecified atom stereocenters. The van der Waals surface area contributed by atoms with E-state index in [2.05, 4.69) is 5.32 Å². The number of carbonyl (C=O) groups excluding carboxylic acids is 2. The van der Waals surface area contributed by atoms with E-state index in [1.807, 2.05) is 23.1 Å². The van der Waals surface area contributed by atoms with E-state index in [9.17, 15) is 9.59 Å². The summed E-state index contributed by atoms with van der Waals surface area (Å²) in [5.74, 6) is 0.929. The summed E-state index contributed by atoms with van der Waals surface area (Å²) >= 11 is 0. The Bertz CT molecular complexity index is 615. The van der Waals surface area contributed by atoms with Gasteiger partial charge in [-0.05, 0) is 43.9 Å². The molecule has 142 valence electrons. The van der Waals surface area contributed by atoms with Crippen LogP contribution in [0.25, 0.3) is 0 Å². The molecule has 0 aromatic heterocycles. The number of benzene rings is 1. The third kappa shape index (κ3) is 4.77. The minimum atomic E-state index is 0.0199. The second-order valence-electron chi connectivity index (χ2n) is 7.50. The topological polar surface area (TPSA) is 58.6 Å². The fourth-order valence-corrected chi connectivity index (χ4v) is 4.03. The first-order valence-electron chi connectivity index (χ1n) is 9.91. The van der Waals surface area contributed by atoms with Crippen molar-refractivity contribution < 1.29 is 14.3 Å². The molecule has 3 rings (SSSR count). The Kier molecular flexibility index (Phi) is 6.53. The van der Waals surface area contributed by atoms with Gasteiger partial charge in [-0.3, -0.25) is 9.59 Å². The molecule has 5 heteroatoms. The first-order chi connectivity index (χ1) is 12.7. The van der Waals surface area contributed by atoms with Crippen molar-refractivity contribution >= 4 is 11.8 Å². The van der Waals surface area contributed by atoms with Crippen LogP contribution in [-0.2, 0) is 4.79 Å². The van der Waals surface area contributed by atoms with E-state index in [4.69, 9.17) is 4.74 Å². The SMILES string of the molecule is COc1cccc(C(=O)N2CCC(C(=O)NC3CCCCCC3)CC2)c1. The number of ether oxygens (including phenoxy) is 1. The molecule has 2 amide bonds. The van der Waals surface area contributed by atoms with Crippen LogP contribution in [-0.4, -0.2) is 43.0 Å². The molecule has 1 saturated heterocycles. The zero-order valence-electron chi connectivity index (χ0n) is 15.7. The van der Waals surface area contributed by atoms with Crippen LogP contribution in [0.2, 0.25) is 0 Å². The summed E-state index contributed by atoms with van der Waals surface area (Å²) < 4.78 is 5.20. The predicted molar refractivity (Wildman–Crippen MR) is 101 cm³/mol.